The van der Waals surface area contributed by atoms with Crippen LogP contribution in [0.4, 0.5) is 23.0 Å². The van der Waals surface area contributed by atoms with Gasteiger partial charge in [-0.1, -0.05) is 24.8 Å². The molecule has 0 amide bonds. The van der Waals surface area contributed by atoms with E-state index >= 15 is 0 Å². The molecular weight excluding hydrogens is 558 g/mol. The lowest BCUT2D eigenvalue weighted by atomic mass is 10.1. The van der Waals surface area contributed by atoms with Crippen LogP contribution >= 0.6 is 11.3 Å². The van der Waals surface area contributed by atoms with E-state index in [0.717, 1.165) is 57.4 Å². The second-order valence-electron chi connectivity index (χ2n) is 10.6. The molecule has 0 aliphatic heterocycles. The van der Waals surface area contributed by atoms with Gasteiger partial charge in [0.15, 0.2) is 0 Å². The molecule has 0 atom stereocenters. The first-order valence-electron chi connectivity index (χ1n) is 14.2. The molecule has 43 heavy (non-hydrogen) atoms. The summed E-state index contributed by atoms with van der Waals surface area (Å²) in [5.74, 6) is 1.26. The number of carbonyl (C=O) groups is 1. The molecule has 0 radical (unpaired) electrons. The van der Waals surface area contributed by atoms with E-state index in [4.69, 9.17) is 19.5 Å². The molecule has 5 aromatic rings. The average molecular weight is 600 g/mol. The molecular formula is C33H41N7O2S. The Balaban J connectivity index is 0.000000996. The van der Waals surface area contributed by atoms with Crippen molar-refractivity contribution in [1.29, 1.82) is 0 Å². The third kappa shape index (κ3) is 6.98. The van der Waals surface area contributed by atoms with E-state index in [1.165, 1.54) is 17.0 Å². The van der Waals surface area contributed by atoms with Crippen LogP contribution in [0.5, 0.6) is 5.75 Å². The van der Waals surface area contributed by atoms with Crippen LogP contribution in [0.15, 0.2) is 66.7 Å². The molecule has 2 aromatic carbocycles. The van der Waals surface area contributed by atoms with Crippen LogP contribution in [-0.2, 0) is 4.79 Å². The van der Waals surface area contributed by atoms with E-state index < -0.39 is 0 Å². The summed E-state index contributed by atoms with van der Waals surface area (Å²) < 4.78 is 9.21. The van der Waals surface area contributed by atoms with Gasteiger partial charge in [-0.2, -0.15) is 0 Å². The molecule has 0 unspecified atom stereocenters. The molecule has 0 aliphatic rings. The quantitative estimate of drug-likeness (QED) is 0.123. The van der Waals surface area contributed by atoms with Gasteiger partial charge in [-0.25, -0.2) is 9.97 Å². The molecule has 2 N–H and O–H groups in total. The van der Waals surface area contributed by atoms with Crippen molar-refractivity contribution in [1.82, 2.24) is 19.4 Å². The fraction of sp³-hybridized carbons (Fsp3) is 0.303. The largest absolute Gasteiger partial charge is 0.494 e. The molecule has 0 saturated carbocycles. The normalized spacial score (nSPS) is 11.0. The number of nitrogens with zero attached hydrogens (tertiary/aromatic N) is 5. The zero-order valence-corrected chi connectivity index (χ0v) is 26.8. The minimum atomic E-state index is 0.334. The molecule has 0 spiro atoms. The molecule has 226 valence electrons. The molecule has 10 heteroatoms. The zero-order chi connectivity index (χ0) is 31.1. The molecule has 0 fully saturated rings. The fourth-order valence-corrected chi connectivity index (χ4v) is 5.70. The molecule has 0 aliphatic carbocycles. The van der Waals surface area contributed by atoms with Gasteiger partial charge in [-0.3, -0.25) is 4.79 Å². The summed E-state index contributed by atoms with van der Waals surface area (Å²) in [5, 5.41) is 10.1. The summed E-state index contributed by atoms with van der Waals surface area (Å²) in [6, 6.07) is 15.0. The number of nitrogens with one attached hydrogen (secondary N) is 2. The molecule has 3 aromatic heterocycles. The van der Waals surface area contributed by atoms with E-state index in [1.807, 2.05) is 7.05 Å². The van der Waals surface area contributed by atoms with Gasteiger partial charge in [0, 0.05) is 62.0 Å². The topological polar surface area (TPSA) is 87.5 Å². The minimum absolute atomic E-state index is 0.334. The third-order valence-corrected chi connectivity index (χ3v) is 7.99. The molecule has 0 saturated heterocycles. The highest BCUT2D eigenvalue weighted by Gasteiger charge is 2.19. The Morgan fingerprint density at radius 2 is 1.84 bits per heavy atom. The van der Waals surface area contributed by atoms with E-state index in [-0.39, 0.29) is 0 Å². The number of carbonyl (C=O) groups excluding carboxylic acids is 1. The monoisotopic (exact) mass is 599 g/mol. The first-order chi connectivity index (χ1) is 20.7. The Kier molecular flexibility index (Phi) is 10.4. The van der Waals surface area contributed by atoms with E-state index in [2.05, 4.69) is 121 Å². The number of likely N-dealkylation sites (N-methyl/N-ethyl adjacent to an activating group) is 2. The number of aromatic nitrogens is 3. The summed E-state index contributed by atoms with van der Waals surface area (Å²) in [5.41, 5.74) is 7.03. The Bertz CT molecular complexity index is 1700. The first-order valence-corrected chi connectivity index (χ1v) is 15.0. The van der Waals surface area contributed by atoms with Crippen LogP contribution in [0.25, 0.3) is 32.4 Å². The van der Waals surface area contributed by atoms with Gasteiger partial charge >= 0.3 is 0 Å². The number of aldehydes is 1. The maximum absolute atomic E-state index is 9.06. The number of hydrogen-bond acceptors (Lipinski definition) is 9. The van der Waals surface area contributed by atoms with Crippen molar-refractivity contribution in [2.75, 3.05) is 63.9 Å². The highest BCUT2D eigenvalue weighted by Crippen LogP contribution is 2.40. The molecule has 9 nitrogen and oxygen atoms in total. The van der Waals surface area contributed by atoms with Gasteiger partial charge < -0.3 is 29.7 Å². The lowest BCUT2D eigenvalue weighted by molar-refractivity contribution is -0.104. The number of fused-ring (bicyclic) bond motifs is 2. The molecule has 5 rings (SSSR count). The average Bonchev–Trinajstić information content (AvgIpc) is 3.64. The highest BCUT2D eigenvalue weighted by molar-refractivity contribution is 7.17. The van der Waals surface area contributed by atoms with Gasteiger partial charge in [-0.15, -0.1) is 11.3 Å². The van der Waals surface area contributed by atoms with E-state index in [9.17, 15) is 0 Å². The number of rotatable bonds is 11. The second kappa shape index (κ2) is 14.2. The van der Waals surface area contributed by atoms with E-state index in [0.29, 0.717) is 18.3 Å². The van der Waals surface area contributed by atoms with Crippen molar-refractivity contribution in [2.45, 2.75) is 19.9 Å². The standard InChI is InChI=1S/C30H37N7OS.C3H4O/c1-19(2)37-18-21(20-10-8-9-11-25(20)37)28-29-22(12-15-39-29)32-30(34-28)33-24-16-23(31-3)26(17-27(24)38-7)36(6)14-13-35(4)5;1-2-3-4/h8-12,15-19,31H,13-14H2,1-7H3,(H,32,33,34);2-3H,1H2. The predicted molar refractivity (Wildman–Crippen MR) is 183 cm³/mol. The predicted octanol–water partition coefficient (Wildman–Crippen LogP) is 7.06. The van der Waals surface area contributed by atoms with Crippen LogP contribution in [0.3, 0.4) is 0 Å². The summed E-state index contributed by atoms with van der Waals surface area (Å²) in [6.07, 6.45) is 4.05. The molecule has 3 heterocycles. The van der Waals surface area contributed by atoms with Crippen LogP contribution in [-0.4, -0.2) is 74.1 Å². The number of thiophene rings is 1. The number of methoxy groups -OCH3 is 1. The van der Waals surface area contributed by atoms with Crippen molar-refractivity contribution in [2.24, 2.45) is 0 Å². The van der Waals surface area contributed by atoms with Crippen LogP contribution < -0.4 is 20.3 Å². The van der Waals surface area contributed by atoms with Crippen LogP contribution in [0.1, 0.15) is 19.9 Å². The Morgan fingerprint density at radius 1 is 1.09 bits per heavy atom. The minimum Gasteiger partial charge on any atom is -0.494 e. The smallest absolute Gasteiger partial charge is 0.228 e. The summed E-state index contributed by atoms with van der Waals surface area (Å²) >= 11 is 1.67. The number of para-hydroxylation sites is 1. The number of hydrogen-bond donors (Lipinski definition) is 2. The number of ether oxygens (including phenoxy) is 1. The van der Waals surface area contributed by atoms with Crippen molar-refractivity contribution in [3.63, 3.8) is 0 Å². The highest BCUT2D eigenvalue weighted by atomic mass is 32.1. The maximum Gasteiger partial charge on any atom is 0.228 e. The van der Waals surface area contributed by atoms with Gasteiger partial charge in [0.2, 0.25) is 5.95 Å². The Labute approximate surface area is 257 Å². The summed E-state index contributed by atoms with van der Waals surface area (Å²) in [7, 11) is 9.89. The fourth-order valence-electron chi connectivity index (χ4n) is 4.87. The SMILES string of the molecule is C=CC=O.CNc1cc(Nc2nc(-c3cn(C(C)C)c4ccccc34)c3sccc3n2)c(OC)cc1N(C)CCN(C)C. The van der Waals surface area contributed by atoms with Crippen molar-refractivity contribution in [3.8, 4) is 17.0 Å². The van der Waals surface area contributed by atoms with Crippen LogP contribution in [0.2, 0.25) is 0 Å². The van der Waals surface area contributed by atoms with Gasteiger partial charge in [-0.05, 0) is 57.6 Å². The van der Waals surface area contributed by atoms with Crippen molar-refractivity contribution < 1.29 is 9.53 Å². The Morgan fingerprint density at radius 3 is 2.49 bits per heavy atom. The second-order valence-corrected chi connectivity index (χ2v) is 11.5. The van der Waals surface area contributed by atoms with Gasteiger partial charge in [0.1, 0.15) is 12.0 Å². The Hall–Kier alpha value is -4.41. The first kappa shape index (κ1) is 31.5. The van der Waals surface area contributed by atoms with Crippen LogP contribution in [0, 0.1) is 0 Å². The summed E-state index contributed by atoms with van der Waals surface area (Å²) in [4.78, 5) is 23.4. The summed E-state index contributed by atoms with van der Waals surface area (Å²) in [6.45, 7) is 9.36. The third-order valence-electron chi connectivity index (χ3n) is 7.08. The van der Waals surface area contributed by atoms with Gasteiger partial charge in [0.25, 0.3) is 0 Å². The maximum atomic E-state index is 9.06. The van der Waals surface area contributed by atoms with Crippen molar-refractivity contribution >= 4 is 61.8 Å². The molecule has 0 bridgehead atoms. The number of benzene rings is 2. The lowest BCUT2D eigenvalue weighted by Crippen LogP contribution is -2.29. The lowest BCUT2D eigenvalue weighted by Gasteiger charge is -2.25. The zero-order valence-electron chi connectivity index (χ0n) is 26.0. The van der Waals surface area contributed by atoms with Crippen molar-refractivity contribution in [3.05, 3.63) is 66.7 Å². The number of allylic oxidation sites excluding steroid dienone is 1. The number of anilines is 4. The van der Waals surface area contributed by atoms with Gasteiger partial charge in [0.05, 0.1) is 40.1 Å². The van der Waals surface area contributed by atoms with E-state index in [1.54, 1.807) is 18.4 Å².